The Morgan fingerprint density at radius 3 is 1.88 bits per heavy atom. The molecule has 0 bridgehead atoms. The normalized spacial score (nSPS) is 25.6. The summed E-state index contributed by atoms with van der Waals surface area (Å²) in [6.45, 7) is 9.78. The van der Waals surface area contributed by atoms with Crippen LogP contribution < -0.4 is 0 Å². The van der Waals surface area contributed by atoms with Crippen molar-refractivity contribution in [1.29, 1.82) is 0 Å². The molecule has 0 saturated carbocycles. The van der Waals surface area contributed by atoms with E-state index >= 15 is 0 Å². The van der Waals surface area contributed by atoms with Crippen LogP contribution >= 0.6 is 34.8 Å². The summed E-state index contributed by atoms with van der Waals surface area (Å²) in [4.78, 5) is 25.9. The molecule has 1 aliphatic rings. The van der Waals surface area contributed by atoms with Crippen molar-refractivity contribution in [2.45, 2.75) is 74.6 Å². The van der Waals surface area contributed by atoms with Gasteiger partial charge in [-0.25, -0.2) is 9.59 Å². The molecule has 0 unspecified atom stereocenters. The molecule has 1 N–H and O–H groups in total. The quantitative estimate of drug-likeness (QED) is 0.535. The Hall–Kier alpha value is -0.430. The van der Waals surface area contributed by atoms with Gasteiger partial charge in [-0.05, 0) is 41.5 Å². The van der Waals surface area contributed by atoms with Gasteiger partial charge in [-0.3, -0.25) is 4.90 Å². The molecule has 0 aromatic rings. The van der Waals surface area contributed by atoms with E-state index in [1.54, 1.807) is 41.5 Å². The van der Waals surface area contributed by atoms with Gasteiger partial charge in [0.1, 0.15) is 22.8 Å². The molecule has 0 aromatic heterocycles. The number of alkyl halides is 3. The molecular formula is C15H24Cl3NO5. The molecule has 1 fully saturated rings. The van der Waals surface area contributed by atoms with Gasteiger partial charge in [0.25, 0.3) is 0 Å². The fourth-order valence-corrected chi connectivity index (χ4v) is 2.60. The van der Waals surface area contributed by atoms with Gasteiger partial charge in [0.15, 0.2) is 0 Å². The number of carbonyl (C=O) groups excluding carboxylic acids is 2. The summed E-state index contributed by atoms with van der Waals surface area (Å²) in [6, 6.07) is -1.11. The van der Waals surface area contributed by atoms with Gasteiger partial charge in [-0.15, -0.1) is 0 Å². The second kappa shape index (κ2) is 6.71. The van der Waals surface area contributed by atoms with Crippen molar-refractivity contribution in [3.8, 4) is 0 Å². The summed E-state index contributed by atoms with van der Waals surface area (Å²) >= 11 is 17.5. The van der Waals surface area contributed by atoms with E-state index in [0.29, 0.717) is 0 Å². The summed E-state index contributed by atoms with van der Waals surface area (Å²) in [7, 11) is 0. The molecule has 0 aliphatic carbocycles. The third-order valence-corrected chi connectivity index (χ3v) is 4.23. The standard InChI is InChI=1S/C15H24Cl3NO5/c1-12(2,3)23-10(20)9-7-14(22,15(16,17)18)8-19(9)11(21)24-13(4,5)6/h9,22H,7-8H2,1-6H3/t9-,14-/m0/s1. The monoisotopic (exact) mass is 403 g/mol. The van der Waals surface area contributed by atoms with Gasteiger partial charge < -0.3 is 14.6 Å². The lowest BCUT2D eigenvalue weighted by Crippen LogP contribution is -2.47. The van der Waals surface area contributed by atoms with Crippen molar-refractivity contribution in [2.24, 2.45) is 0 Å². The molecule has 1 heterocycles. The van der Waals surface area contributed by atoms with Crippen LogP contribution in [0.4, 0.5) is 4.79 Å². The highest BCUT2D eigenvalue weighted by Gasteiger charge is 2.59. The van der Waals surface area contributed by atoms with E-state index in [0.717, 1.165) is 4.90 Å². The van der Waals surface area contributed by atoms with Crippen molar-refractivity contribution in [3.63, 3.8) is 0 Å². The number of rotatable bonds is 1. The first-order chi connectivity index (χ1) is 10.5. The molecule has 0 aromatic carbocycles. The average Bonchev–Trinajstić information content (AvgIpc) is 2.63. The first kappa shape index (κ1) is 21.6. The second-order valence-electron chi connectivity index (χ2n) is 7.89. The van der Waals surface area contributed by atoms with Crippen LogP contribution in [0.2, 0.25) is 0 Å². The van der Waals surface area contributed by atoms with Crippen LogP contribution in [0.3, 0.4) is 0 Å². The van der Waals surface area contributed by atoms with E-state index in [4.69, 9.17) is 44.3 Å². The fourth-order valence-electron chi connectivity index (χ4n) is 2.18. The van der Waals surface area contributed by atoms with Crippen LogP contribution in [0.1, 0.15) is 48.0 Å². The summed E-state index contributed by atoms with van der Waals surface area (Å²) in [5.74, 6) is -0.696. The lowest BCUT2D eigenvalue weighted by Gasteiger charge is -2.30. The van der Waals surface area contributed by atoms with Crippen LogP contribution in [0.5, 0.6) is 0 Å². The molecule has 2 atom stereocenters. The molecule has 6 nitrogen and oxygen atoms in total. The molecule has 0 spiro atoms. The summed E-state index contributed by atoms with van der Waals surface area (Å²) in [6.07, 6.45) is -1.05. The Bertz CT molecular complexity index is 469. The molecule has 9 heteroatoms. The summed E-state index contributed by atoms with van der Waals surface area (Å²) < 4.78 is 8.51. The molecule has 1 saturated heterocycles. The zero-order valence-electron chi connectivity index (χ0n) is 14.7. The predicted octanol–water partition coefficient (Wildman–Crippen LogP) is 3.44. The number of likely N-dealkylation sites (tertiary alicyclic amines) is 1. The largest absolute Gasteiger partial charge is 0.458 e. The van der Waals surface area contributed by atoms with Crippen LogP contribution in [0, 0.1) is 0 Å². The molecule has 1 aliphatic heterocycles. The van der Waals surface area contributed by atoms with E-state index in [1.165, 1.54) is 0 Å². The SMILES string of the molecule is CC(C)(C)OC(=O)[C@@H]1C[C@@](O)(C(Cl)(Cl)Cl)CN1C(=O)OC(C)(C)C. The minimum Gasteiger partial charge on any atom is -0.458 e. The third kappa shape index (κ3) is 5.55. The molecule has 1 amide bonds. The van der Waals surface area contributed by atoms with E-state index in [1.807, 2.05) is 0 Å². The maximum Gasteiger partial charge on any atom is 0.411 e. The van der Waals surface area contributed by atoms with E-state index in [9.17, 15) is 14.7 Å². The van der Waals surface area contributed by atoms with Crippen LogP contribution in [-0.2, 0) is 14.3 Å². The number of nitrogens with zero attached hydrogens (tertiary/aromatic N) is 1. The summed E-state index contributed by atoms with van der Waals surface area (Å²) in [5.41, 5.74) is -3.44. The third-order valence-electron chi connectivity index (χ3n) is 3.17. The minimum absolute atomic E-state index is 0.266. The van der Waals surface area contributed by atoms with Crippen molar-refractivity contribution in [1.82, 2.24) is 4.90 Å². The number of β-amino-alcohol motifs (C(OH)–C–C–N with tert-alkyl or cyclic N) is 1. The zero-order valence-corrected chi connectivity index (χ0v) is 16.9. The van der Waals surface area contributed by atoms with Gasteiger partial charge in [-0.2, -0.15) is 0 Å². The highest BCUT2D eigenvalue weighted by Crippen LogP contribution is 2.46. The Labute approximate surface area is 157 Å². The number of carbonyl (C=O) groups is 2. The Morgan fingerprint density at radius 1 is 1.04 bits per heavy atom. The van der Waals surface area contributed by atoms with E-state index in [-0.39, 0.29) is 13.0 Å². The van der Waals surface area contributed by atoms with Gasteiger partial charge in [0, 0.05) is 6.42 Å². The van der Waals surface area contributed by atoms with Crippen molar-refractivity contribution < 1.29 is 24.2 Å². The smallest absolute Gasteiger partial charge is 0.411 e. The number of aliphatic hydroxyl groups is 1. The predicted molar refractivity (Wildman–Crippen MR) is 92.4 cm³/mol. The Morgan fingerprint density at radius 2 is 1.50 bits per heavy atom. The maximum atomic E-state index is 12.4. The zero-order chi connectivity index (χ0) is 19.1. The van der Waals surface area contributed by atoms with E-state index in [2.05, 4.69) is 0 Å². The topological polar surface area (TPSA) is 76.1 Å². The van der Waals surface area contributed by atoms with Crippen LogP contribution in [0.15, 0.2) is 0 Å². The number of esters is 1. The fraction of sp³-hybridized carbons (Fsp3) is 0.867. The number of hydrogen-bond donors (Lipinski definition) is 1. The number of ether oxygens (including phenoxy) is 2. The van der Waals surface area contributed by atoms with Crippen LogP contribution in [-0.4, -0.2) is 55.3 Å². The second-order valence-corrected chi connectivity index (χ2v) is 10.2. The number of amides is 1. The maximum absolute atomic E-state index is 12.4. The molecule has 24 heavy (non-hydrogen) atoms. The van der Waals surface area contributed by atoms with Gasteiger partial charge >= 0.3 is 12.1 Å². The molecule has 140 valence electrons. The summed E-state index contributed by atoms with van der Waals surface area (Å²) in [5, 5.41) is 10.6. The lowest BCUT2D eigenvalue weighted by atomic mass is 10.0. The van der Waals surface area contributed by atoms with Crippen molar-refractivity contribution in [2.75, 3.05) is 6.54 Å². The highest BCUT2D eigenvalue weighted by molar-refractivity contribution is 6.68. The Kier molecular flexibility index (Phi) is 6.04. The van der Waals surface area contributed by atoms with Gasteiger partial charge in [0.05, 0.1) is 6.54 Å². The van der Waals surface area contributed by atoms with Crippen molar-refractivity contribution in [3.05, 3.63) is 0 Å². The van der Waals surface area contributed by atoms with Gasteiger partial charge in [0.2, 0.25) is 3.79 Å². The van der Waals surface area contributed by atoms with Gasteiger partial charge in [-0.1, -0.05) is 34.8 Å². The van der Waals surface area contributed by atoms with Crippen LogP contribution in [0.25, 0.3) is 0 Å². The van der Waals surface area contributed by atoms with Crippen molar-refractivity contribution >= 4 is 46.9 Å². The molecule has 0 radical (unpaired) electrons. The Balaban J connectivity index is 3.11. The lowest BCUT2D eigenvalue weighted by molar-refractivity contribution is -0.160. The molecular weight excluding hydrogens is 381 g/mol. The number of halogens is 3. The average molecular weight is 405 g/mol. The molecule has 1 rings (SSSR count). The minimum atomic E-state index is -2.08. The number of hydrogen-bond acceptors (Lipinski definition) is 5. The first-order valence-electron chi connectivity index (χ1n) is 7.47. The highest BCUT2D eigenvalue weighted by atomic mass is 35.6. The first-order valence-corrected chi connectivity index (χ1v) is 8.60. The van der Waals surface area contributed by atoms with E-state index < -0.39 is 38.7 Å².